The van der Waals surface area contributed by atoms with Crippen LogP contribution in [0.3, 0.4) is 0 Å². The smallest absolute Gasteiger partial charge is 0.254 e. The number of para-hydroxylation sites is 1. The van der Waals surface area contributed by atoms with Crippen LogP contribution in [0, 0.1) is 0 Å². The molecule has 1 fully saturated rings. The van der Waals surface area contributed by atoms with Crippen LogP contribution >= 0.6 is 0 Å². The zero-order valence-electron chi connectivity index (χ0n) is 16.7. The molecule has 0 saturated carbocycles. The van der Waals surface area contributed by atoms with Crippen molar-refractivity contribution in [2.75, 3.05) is 36.4 Å². The minimum absolute atomic E-state index is 0.0653. The minimum atomic E-state index is 0.0653. The molecule has 0 spiro atoms. The molecular formula is C24H26N4O. The third-order valence-electron chi connectivity index (χ3n) is 5.36. The minimum Gasteiger partial charge on any atom is -0.368 e. The zero-order valence-corrected chi connectivity index (χ0v) is 16.7. The van der Waals surface area contributed by atoms with Gasteiger partial charge in [-0.2, -0.15) is 0 Å². The van der Waals surface area contributed by atoms with Crippen molar-refractivity contribution in [3.63, 3.8) is 0 Å². The molecule has 4 rings (SSSR count). The van der Waals surface area contributed by atoms with Crippen molar-refractivity contribution in [2.45, 2.75) is 13.0 Å². The Labute approximate surface area is 172 Å². The number of nitrogens with one attached hydrogen (secondary N) is 1. The lowest BCUT2D eigenvalue weighted by Crippen LogP contribution is -2.48. The molecule has 29 heavy (non-hydrogen) atoms. The first-order valence-electron chi connectivity index (χ1n) is 10.1. The molecule has 1 atom stereocenters. The van der Waals surface area contributed by atoms with E-state index in [9.17, 15) is 4.79 Å². The molecule has 1 aromatic heterocycles. The molecule has 3 aromatic rings. The van der Waals surface area contributed by atoms with Crippen LogP contribution in [0.1, 0.15) is 28.9 Å². The van der Waals surface area contributed by atoms with Crippen LogP contribution < -0.4 is 10.2 Å². The maximum Gasteiger partial charge on any atom is 0.254 e. The number of piperazine rings is 1. The Bertz CT molecular complexity index is 937. The molecule has 1 aliphatic rings. The average molecular weight is 386 g/mol. The summed E-state index contributed by atoms with van der Waals surface area (Å²) >= 11 is 0. The van der Waals surface area contributed by atoms with E-state index in [1.165, 1.54) is 11.3 Å². The summed E-state index contributed by atoms with van der Waals surface area (Å²) < 4.78 is 0. The van der Waals surface area contributed by atoms with Gasteiger partial charge in [-0.3, -0.25) is 4.79 Å². The van der Waals surface area contributed by atoms with Crippen LogP contribution in [-0.2, 0) is 0 Å². The molecule has 1 saturated heterocycles. The first-order chi connectivity index (χ1) is 14.2. The van der Waals surface area contributed by atoms with Gasteiger partial charge in [0.1, 0.15) is 5.82 Å². The van der Waals surface area contributed by atoms with Crippen LogP contribution in [0.5, 0.6) is 0 Å². The number of carbonyl (C=O) groups excluding carboxylic acids is 1. The van der Waals surface area contributed by atoms with Gasteiger partial charge in [-0.1, -0.05) is 48.5 Å². The fraction of sp³-hybridized carbons (Fsp3) is 0.250. The van der Waals surface area contributed by atoms with E-state index in [-0.39, 0.29) is 11.9 Å². The second-order valence-corrected chi connectivity index (χ2v) is 7.32. The lowest BCUT2D eigenvalue weighted by atomic mass is 10.1. The highest BCUT2D eigenvalue weighted by atomic mass is 16.2. The first kappa shape index (κ1) is 19.0. The molecule has 5 heteroatoms. The van der Waals surface area contributed by atoms with E-state index in [0.29, 0.717) is 5.56 Å². The number of amides is 1. The number of anilines is 2. The number of hydrogen-bond donors (Lipinski definition) is 1. The van der Waals surface area contributed by atoms with Crippen LogP contribution in [0.4, 0.5) is 11.5 Å². The fourth-order valence-corrected chi connectivity index (χ4v) is 3.68. The van der Waals surface area contributed by atoms with Crippen molar-refractivity contribution in [1.82, 2.24) is 9.88 Å². The average Bonchev–Trinajstić information content (AvgIpc) is 2.80. The van der Waals surface area contributed by atoms with Gasteiger partial charge < -0.3 is 15.1 Å². The molecule has 5 nitrogen and oxygen atoms in total. The molecule has 1 N–H and O–H groups in total. The van der Waals surface area contributed by atoms with E-state index in [1.54, 1.807) is 12.3 Å². The van der Waals surface area contributed by atoms with Crippen molar-refractivity contribution in [3.05, 3.63) is 90.1 Å². The number of nitrogens with zero attached hydrogens (tertiary/aromatic N) is 3. The number of hydrogen-bond acceptors (Lipinski definition) is 4. The molecule has 0 bridgehead atoms. The summed E-state index contributed by atoms with van der Waals surface area (Å²) in [6, 6.07) is 24.3. The maximum atomic E-state index is 13.0. The second kappa shape index (κ2) is 8.78. The lowest BCUT2D eigenvalue weighted by molar-refractivity contribution is 0.0746. The third-order valence-corrected chi connectivity index (χ3v) is 5.36. The topological polar surface area (TPSA) is 48.5 Å². The van der Waals surface area contributed by atoms with Crippen molar-refractivity contribution >= 4 is 17.4 Å². The number of pyridine rings is 1. The highest BCUT2D eigenvalue weighted by Gasteiger charge is 2.22. The molecule has 148 valence electrons. The van der Waals surface area contributed by atoms with E-state index >= 15 is 0 Å². The van der Waals surface area contributed by atoms with Gasteiger partial charge in [0.05, 0.1) is 0 Å². The van der Waals surface area contributed by atoms with Crippen molar-refractivity contribution < 1.29 is 4.79 Å². The molecule has 1 aliphatic heterocycles. The molecule has 2 heterocycles. The number of rotatable bonds is 5. The summed E-state index contributed by atoms with van der Waals surface area (Å²) in [5.41, 5.74) is 3.07. The van der Waals surface area contributed by atoms with Gasteiger partial charge in [-0.15, -0.1) is 0 Å². The molecule has 1 unspecified atom stereocenters. The Kier molecular flexibility index (Phi) is 5.75. The van der Waals surface area contributed by atoms with E-state index < -0.39 is 0 Å². The van der Waals surface area contributed by atoms with Crippen LogP contribution in [-0.4, -0.2) is 42.0 Å². The Morgan fingerprint density at radius 2 is 1.59 bits per heavy atom. The van der Waals surface area contributed by atoms with Crippen LogP contribution in [0.15, 0.2) is 79.0 Å². The van der Waals surface area contributed by atoms with Gasteiger partial charge in [0.2, 0.25) is 0 Å². The Hall–Kier alpha value is -3.34. The summed E-state index contributed by atoms with van der Waals surface area (Å²) in [4.78, 5) is 21.7. The normalized spacial score (nSPS) is 15.1. The summed E-state index contributed by atoms with van der Waals surface area (Å²) in [5.74, 6) is 0.783. The lowest BCUT2D eigenvalue weighted by Gasteiger charge is -2.36. The van der Waals surface area contributed by atoms with Crippen LogP contribution in [0.25, 0.3) is 0 Å². The van der Waals surface area contributed by atoms with E-state index in [2.05, 4.69) is 58.5 Å². The van der Waals surface area contributed by atoms with Gasteiger partial charge in [-0.05, 0) is 36.8 Å². The van der Waals surface area contributed by atoms with Crippen molar-refractivity contribution in [3.8, 4) is 0 Å². The van der Waals surface area contributed by atoms with Gasteiger partial charge in [0, 0.05) is 49.7 Å². The predicted octanol–water partition coefficient (Wildman–Crippen LogP) is 4.22. The van der Waals surface area contributed by atoms with Crippen LogP contribution in [0.2, 0.25) is 0 Å². The van der Waals surface area contributed by atoms with Gasteiger partial charge in [-0.25, -0.2) is 4.98 Å². The molecule has 1 amide bonds. The predicted molar refractivity (Wildman–Crippen MR) is 117 cm³/mol. The summed E-state index contributed by atoms with van der Waals surface area (Å²) in [6.45, 7) is 5.22. The summed E-state index contributed by atoms with van der Waals surface area (Å²) in [5, 5.41) is 3.39. The van der Waals surface area contributed by atoms with E-state index in [4.69, 9.17) is 0 Å². The number of benzene rings is 2. The Morgan fingerprint density at radius 1 is 0.931 bits per heavy atom. The third kappa shape index (κ3) is 4.57. The first-order valence-corrected chi connectivity index (χ1v) is 10.1. The van der Waals surface area contributed by atoms with E-state index in [0.717, 1.165) is 32.0 Å². The maximum absolute atomic E-state index is 13.0. The summed E-state index contributed by atoms with van der Waals surface area (Å²) in [6.07, 6.45) is 1.70. The number of aromatic nitrogens is 1. The zero-order chi connectivity index (χ0) is 20.1. The summed E-state index contributed by atoms with van der Waals surface area (Å²) in [7, 11) is 0. The highest BCUT2D eigenvalue weighted by molar-refractivity contribution is 5.95. The van der Waals surface area contributed by atoms with Gasteiger partial charge in [0.15, 0.2) is 0 Å². The number of carbonyl (C=O) groups is 1. The largest absolute Gasteiger partial charge is 0.368 e. The standard InChI is InChI=1S/C24H26N4O/c1-19(20-8-4-2-5-9-20)26-23-18-21(12-13-25-23)24(29)28-16-14-27(15-17-28)22-10-6-3-7-11-22/h2-13,18-19H,14-17H2,1H3,(H,25,26). The Morgan fingerprint density at radius 3 is 2.28 bits per heavy atom. The van der Waals surface area contributed by atoms with Gasteiger partial charge >= 0.3 is 0 Å². The fourth-order valence-electron chi connectivity index (χ4n) is 3.68. The van der Waals surface area contributed by atoms with Crippen molar-refractivity contribution in [2.24, 2.45) is 0 Å². The van der Waals surface area contributed by atoms with Gasteiger partial charge in [0.25, 0.3) is 5.91 Å². The van der Waals surface area contributed by atoms with Crippen molar-refractivity contribution in [1.29, 1.82) is 0 Å². The molecular weight excluding hydrogens is 360 g/mol. The van der Waals surface area contributed by atoms with E-state index in [1.807, 2.05) is 35.2 Å². The Balaban J connectivity index is 1.39. The highest BCUT2D eigenvalue weighted by Crippen LogP contribution is 2.20. The molecule has 0 radical (unpaired) electrons. The molecule has 0 aliphatic carbocycles. The second-order valence-electron chi connectivity index (χ2n) is 7.32. The monoisotopic (exact) mass is 386 g/mol. The SMILES string of the molecule is CC(Nc1cc(C(=O)N2CCN(c3ccccc3)CC2)ccn1)c1ccccc1. The quantitative estimate of drug-likeness (QED) is 0.713. The molecule has 2 aromatic carbocycles.